The van der Waals surface area contributed by atoms with Gasteiger partial charge in [0.2, 0.25) is 0 Å². The van der Waals surface area contributed by atoms with Crippen molar-refractivity contribution in [3.05, 3.63) is 132 Å². The summed E-state index contributed by atoms with van der Waals surface area (Å²) in [5.41, 5.74) is 9.05. The van der Waals surface area contributed by atoms with Crippen molar-refractivity contribution in [1.82, 2.24) is 0 Å². The van der Waals surface area contributed by atoms with E-state index in [0.29, 0.717) is 11.1 Å². The van der Waals surface area contributed by atoms with Gasteiger partial charge in [0, 0.05) is 30.9 Å². The molecule has 0 radical (unpaired) electrons. The second kappa shape index (κ2) is 9.46. The van der Waals surface area contributed by atoms with Gasteiger partial charge in [0.1, 0.15) is 11.2 Å². The lowest BCUT2D eigenvalue weighted by Gasteiger charge is -2.14. The Labute approximate surface area is 245 Å². The van der Waals surface area contributed by atoms with Crippen LogP contribution in [-0.4, -0.2) is 0 Å². The molecule has 0 unspecified atom stereocenters. The second-order valence-electron chi connectivity index (χ2n) is 10.4. The Morgan fingerprint density at radius 1 is 0.476 bits per heavy atom. The molecule has 8 rings (SSSR count). The Hall–Kier alpha value is -5.68. The fourth-order valence-electron chi connectivity index (χ4n) is 5.94. The van der Waals surface area contributed by atoms with Crippen LogP contribution in [0.2, 0.25) is 0 Å². The maximum absolute atomic E-state index is 9.82. The lowest BCUT2D eigenvalue weighted by molar-refractivity contribution is 0.669. The summed E-state index contributed by atoms with van der Waals surface area (Å²) in [6.07, 6.45) is 0. The van der Waals surface area contributed by atoms with Gasteiger partial charge >= 0.3 is 0 Å². The molecular weight excluding hydrogens is 532 g/mol. The predicted octanol–water partition coefficient (Wildman–Crippen LogP) is 10.7. The number of furan rings is 1. The summed E-state index contributed by atoms with van der Waals surface area (Å²) in [5.74, 6) is 0. The molecule has 2 aromatic heterocycles. The molecule has 0 saturated heterocycles. The van der Waals surface area contributed by atoms with Crippen molar-refractivity contribution in [3.8, 4) is 45.5 Å². The minimum atomic E-state index is 0.605. The molecule has 0 saturated carbocycles. The van der Waals surface area contributed by atoms with E-state index in [-0.39, 0.29) is 0 Å². The number of nitriles is 2. The number of hydrogen-bond donors (Lipinski definition) is 0. The van der Waals surface area contributed by atoms with Crippen molar-refractivity contribution in [2.75, 3.05) is 0 Å². The summed E-state index contributed by atoms with van der Waals surface area (Å²) < 4.78 is 8.63. The summed E-state index contributed by atoms with van der Waals surface area (Å²) in [5, 5.41) is 23.7. The molecule has 6 aromatic carbocycles. The zero-order valence-electron chi connectivity index (χ0n) is 22.3. The molecule has 194 valence electrons. The third-order valence-corrected chi connectivity index (χ3v) is 9.13. The first kappa shape index (κ1) is 24.1. The first-order valence-electron chi connectivity index (χ1n) is 13.6. The summed E-state index contributed by atoms with van der Waals surface area (Å²) in [4.78, 5) is 0. The monoisotopic (exact) mass is 552 g/mol. The molecule has 0 N–H and O–H groups in total. The van der Waals surface area contributed by atoms with E-state index in [4.69, 9.17) is 4.42 Å². The highest BCUT2D eigenvalue weighted by Crippen LogP contribution is 2.42. The van der Waals surface area contributed by atoms with Crippen LogP contribution in [0, 0.1) is 22.7 Å². The molecule has 0 bridgehead atoms. The first-order chi connectivity index (χ1) is 20.7. The van der Waals surface area contributed by atoms with E-state index >= 15 is 0 Å². The van der Waals surface area contributed by atoms with Crippen LogP contribution in [0.15, 0.2) is 126 Å². The van der Waals surface area contributed by atoms with Crippen LogP contribution < -0.4 is 0 Å². The van der Waals surface area contributed by atoms with E-state index < -0.39 is 0 Å². The fourth-order valence-corrected chi connectivity index (χ4v) is 7.03. The molecular formula is C38H20N2OS. The number of rotatable bonds is 3. The van der Waals surface area contributed by atoms with Crippen LogP contribution in [0.3, 0.4) is 0 Å². The Kier molecular flexibility index (Phi) is 5.44. The van der Waals surface area contributed by atoms with Gasteiger partial charge in [-0.25, -0.2) is 0 Å². The molecule has 0 spiro atoms. The molecule has 0 aliphatic rings. The van der Waals surface area contributed by atoms with Crippen LogP contribution in [0.5, 0.6) is 0 Å². The van der Waals surface area contributed by atoms with E-state index in [1.54, 1.807) is 6.07 Å². The average Bonchev–Trinajstić information content (AvgIpc) is 3.61. The lowest BCUT2D eigenvalue weighted by Crippen LogP contribution is -1.90. The average molecular weight is 553 g/mol. The normalized spacial score (nSPS) is 11.3. The van der Waals surface area contributed by atoms with Gasteiger partial charge in [-0.1, -0.05) is 60.7 Å². The smallest absolute Gasteiger partial charge is 0.135 e. The number of fused-ring (bicyclic) bond motifs is 6. The van der Waals surface area contributed by atoms with Crippen molar-refractivity contribution in [1.29, 1.82) is 10.5 Å². The van der Waals surface area contributed by atoms with E-state index in [2.05, 4.69) is 84.9 Å². The van der Waals surface area contributed by atoms with Gasteiger partial charge in [0.25, 0.3) is 0 Å². The molecule has 2 heterocycles. The van der Waals surface area contributed by atoms with Gasteiger partial charge < -0.3 is 4.42 Å². The van der Waals surface area contributed by atoms with Gasteiger partial charge in [-0.3, -0.25) is 0 Å². The van der Waals surface area contributed by atoms with Crippen LogP contribution in [0.1, 0.15) is 11.1 Å². The van der Waals surface area contributed by atoms with Gasteiger partial charge in [-0.05, 0) is 94.0 Å². The molecule has 0 atom stereocenters. The standard InChI is InChI=1S/C38H20N2OS/c39-21-23-9-14-35-32(17-23)33-19-25(11-15-36(33)41-35)29-13-10-24(28-6-2-1-5-27(28)22-40)18-31(29)26-12-16-38-34(20-26)30-7-3-4-8-37(30)42-38/h1-20H. The van der Waals surface area contributed by atoms with E-state index in [1.807, 2.05) is 53.8 Å². The third-order valence-electron chi connectivity index (χ3n) is 7.98. The fraction of sp³-hybridized carbons (Fsp3) is 0. The molecule has 4 heteroatoms. The highest BCUT2D eigenvalue weighted by Gasteiger charge is 2.16. The van der Waals surface area contributed by atoms with Gasteiger partial charge in [-0.15, -0.1) is 11.3 Å². The van der Waals surface area contributed by atoms with Crippen molar-refractivity contribution < 1.29 is 4.42 Å². The Balaban J connectivity index is 1.39. The number of nitrogens with zero attached hydrogens (tertiary/aromatic N) is 2. The molecule has 0 aliphatic carbocycles. The zero-order chi connectivity index (χ0) is 28.2. The van der Waals surface area contributed by atoms with Crippen LogP contribution in [-0.2, 0) is 0 Å². The van der Waals surface area contributed by atoms with Gasteiger partial charge in [0.05, 0.1) is 23.3 Å². The maximum atomic E-state index is 9.82. The van der Waals surface area contributed by atoms with Crippen LogP contribution in [0.4, 0.5) is 0 Å². The number of hydrogen-bond acceptors (Lipinski definition) is 4. The number of thiophene rings is 1. The summed E-state index contributed by atoms with van der Waals surface area (Å²) >= 11 is 1.81. The van der Waals surface area contributed by atoms with E-state index in [0.717, 1.165) is 55.3 Å². The number of benzene rings is 6. The Morgan fingerprint density at radius 2 is 1.14 bits per heavy atom. The minimum absolute atomic E-state index is 0.605. The van der Waals surface area contributed by atoms with E-state index in [1.165, 1.54) is 20.2 Å². The maximum Gasteiger partial charge on any atom is 0.135 e. The van der Waals surface area contributed by atoms with Crippen molar-refractivity contribution >= 4 is 53.4 Å². The van der Waals surface area contributed by atoms with Crippen molar-refractivity contribution in [2.24, 2.45) is 0 Å². The summed E-state index contributed by atoms with van der Waals surface area (Å²) in [6, 6.07) is 45.8. The highest BCUT2D eigenvalue weighted by molar-refractivity contribution is 7.25. The predicted molar refractivity (Wildman–Crippen MR) is 172 cm³/mol. The lowest BCUT2D eigenvalue weighted by atomic mass is 9.89. The third kappa shape index (κ3) is 3.79. The molecule has 0 fully saturated rings. The van der Waals surface area contributed by atoms with Crippen molar-refractivity contribution in [3.63, 3.8) is 0 Å². The van der Waals surface area contributed by atoms with E-state index in [9.17, 15) is 10.5 Å². The molecule has 0 aliphatic heterocycles. The topological polar surface area (TPSA) is 60.7 Å². The SMILES string of the molecule is N#Cc1ccc2oc3ccc(-c4ccc(-c5ccccc5C#N)cc4-c4ccc5sc6ccccc6c5c4)cc3c2c1. The minimum Gasteiger partial charge on any atom is -0.456 e. The quantitative estimate of drug-likeness (QED) is 0.219. The largest absolute Gasteiger partial charge is 0.456 e. The van der Waals surface area contributed by atoms with Gasteiger partial charge in [0.15, 0.2) is 0 Å². The van der Waals surface area contributed by atoms with Gasteiger partial charge in [-0.2, -0.15) is 10.5 Å². The summed E-state index contributed by atoms with van der Waals surface area (Å²) in [6.45, 7) is 0. The molecule has 0 amide bonds. The second-order valence-corrected chi connectivity index (χ2v) is 11.4. The first-order valence-corrected chi connectivity index (χ1v) is 14.4. The molecule has 42 heavy (non-hydrogen) atoms. The van der Waals surface area contributed by atoms with Crippen molar-refractivity contribution in [2.45, 2.75) is 0 Å². The Morgan fingerprint density at radius 3 is 2.02 bits per heavy atom. The molecule has 8 aromatic rings. The van der Waals surface area contributed by atoms with Crippen LogP contribution in [0.25, 0.3) is 75.5 Å². The summed E-state index contributed by atoms with van der Waals surface area (Å²) in [7, 11) is 0. The molecule has 3 nitrogen and oxygen atoms in total. The van der Waals surface area contributed by atoms with Crippen LogP contribution >= 0.6 is 11.3 Å². The zero-order valence-corrected chi connectivity index (χ0v) is 23.1. The highest BCUT2D eigenvalue weighted by atomic mass is 32.1. The Bertz CT molecular complexity index is 2450.